The van der Waals surface area contributed by atoms with Gasteiger partial charge in [-0.1, -0.05) is 13.8 Å². The van der Waals surface area contributed by atoms with E-state index in [1.54, 1.807) is 13.4 Å². The first-order valence-electron chi connectivity index (χ1n) is 9.03. The number of carbonyl (C=O) groups is 1. The Hall–Kier alpha value is -1.89. The molecule has 0 saturated carbocycles. The molecule has 7 heteroatoms. The quantitative estimate of drug-likeness (QED) is 0.891. The van der Waals surface area contributed by atoms with Gasteiger partial charge < -0.3 is 19.7 Å². The molecule has 0 aliphatic carbocycles. The first-order valence-corrected chi connectivity index (χ1v) is 9.03. The van der Waals surface area contributed by atoms with Crippen LogP contribution in [0.1, 0.15) is 33.1 Å². The van der Waals surface area contributed by atoms with Gasteiger partial charge in [0, 0.05) is 31.7 Å². The fraction of sp³-hybridized carbons (Fsp3) is 0.722. The number of piperidine rings is 1. The molecule has 138 valence electrons. The number of nitrogens with one attached hydrogen (secondary N) is 1. The molecule has 0 radical (unpaired) electrons. The van der Waals surface area contributed by atoms with Crippen LogP contribution < -0.4 is 15.0 Å². The Labute approximate surface area is 149 Å². The van der Waals surface area contributed by atoms with Crippen molar-refractivity contribution in [2.24, 2.45) is 11.3 Å². The van der Waals surface area contributed by atoms with Gasteiger partial charge in [-0.15, -0.1) is 0 Å². The molecular formula is C18H28N4O3. The average Bonchev–Trinajstić information content (AvgIpc) is 2.64. The number of carbonyl (C=O) groups excluding carboxylic acids is 1. The zero-order chi connectivity index (χ0) is 17.9. The lowest BCUT2D eigenvalue weighted by molar-refractivity contribution is -0.128. The highest BCUT2D eigenvalue weighted by atomic mass is 16.5. The van der Waals surface area contributed by atoms with Crippen LogP contribution in [0.2, 0.25) is 0 Å². The van der Waals surface area contributed by atoms with Gasteiger partial charge in [0.25, 0.3) is 0 Å². The highest BCUT2D eigenvalue weighted by Gasteiger charge is 2.44. The smallest absolute Gasteiger partial charge is 0.222 e. The van der Waals surface area contributed by atoms with E-state index in [1.165, 1.54) is 0 Å². The molecule has 3 rings (SSSR count). The fourth-order valence-corrected chi connectivity index (χ4v) is 3.75. The van der Waals surface area contributed by atoms with E-state index in [2.05, 4.69) is 20.2 Å². The van der Waals surface area contributed by atoms with E-state index in [0.29, 0.717) is 12.5 Å². The van der Waals surface area contributed by atoms with Crippen LogP contribution in [0.3, 0.4) is 0 Å². The van der Waals surface area contributed by atoms with Crippen LogP contribution in [-0.2, 0) is 9.53 Å². The minimum atomic E-state index is -0.00690. The number of rotatable bonds is 4. The normalized spacial score (nSPS) is 22.9. The minimum Gasteiger partial charge on any atom is -0.481 e. The molecule has 2 saturated heterocycles. The molecule has 2 aliphatic heterocycles. The molecule has 25 heavy (non-hydrogen) atoms. The number of aromatic nitrogens is 2. The molecule has 1 spiro atoms. The van der Waals surface area contributed by atoms with Gasteiger partial charge in [0.1, 0.15) is 12.1 Å². The van der Waals surface area contributed by atoms with Crippen molar-refractivity contribution in [2.45, 2.75) is 39.2 Å². The summed E-state index contributed by atoms with van der Waals surface area (Å²) in [5.74, 6) is 1.58. The predicted octanol–water partition coefficient (Wildman–Crippen LogP) is 1.63. The van der Waals surface area contributed by atoms with Crippen LogP contribution >= 0.6 is 0 Å². The van der Waals surface area contributed by atoms with Gasteiger partial charge in [0.15, 0.2) is 0 Å². The highest BCUT2D eigenvalue weighted by molar-refractivity contribution is 5.78. The van der Waals surface area contributed by atoms with Crippen molar-refractivity contribution in [1.29, 1.82) is 0 Å². The van der Waals surface area contributed by atoms with Gasteiger partial charge in [0.05, 0.1) is 19.8 Å². The van der Waals surface area contributed by atoms with E-state index in [0.717, 1.165) is 44.8 Å². The summed E-state index contributed by atoms with van der Waals surface area (Å²) in [7, 11) is 1.61. The molecule has 7 nitrogen and oxygen atoms in total. The molecule has 1 atom stereocenters. The monoisotopic (exact) mass is 348 g/mol. The van der Waals surface area contributed by atoms with Gasteiger partial charge in [-0.05, 0) is 24.7 Å². The van der Waals surface area contributed by atoms with E-state index >= 15 is 0 Å². The number of ether oxygens (including phenoxy) is 2. The van der Waals surface area contributed by atoms with E-state index < -0.39 is 0 Å². The standard InChI is InChI=1S/C18H28N4O3/c1-13(2)17(23)21-14-11-25-9-6-18(14)4-7-22(8-5-18)15-10-16(24-3)20-12-19-15/h10,12-14H,4-9,11H2,1-3H3,(H,21,23)/t14-/m1/s1. The molecule has 0 bridgehead atoms. The first-order chi connectivity index (χ1) is 12.0. The molecule has 0 unspecified atom stereocenters. The van der Waals surface area contributed by atoms with Crippen LogP contribution in [0, 0.1) is 11.3 Å². The molecule has 3 heterocycles. The summed E-state index contributed by atoms with van der Waals surface area (Å²) in [5.41, 5.74) is 0.121. The van der Waals surface area contributed by atoms with Crippen molar-refractivity contribution in [1.82, 2.24) is 15.3 Å². The van der Waals surface area contributed by atoms with Crippen LogP contribution in [0.15, 0.2) is 12.4 Å². The van der Waals surface area contributed by atoms with Gasteiger partial charge in [-0.2, -0.15) is 0 Å². The third kappa shape index (κ3) is 3.86. The Kier molecular flexibility index (Phi) is 5.42. The summed E-state index contributed by atoms with van der Waals surface area (Å²) in [5, 5.41) is 3.22. The van der Waals surface area contributed by atoms with E-state index in [9.17, 15) is 4.79 Å². The van der Waals surface area contributed by atoms with Crippen molar-refractivity contribution in [2.75, 3.05) is 38.3 Å². The van der Waals surface area contributed by atoms with Gasteiger partial charge >= 0.3 is 0 Å². The zero-order valence-corrected chi connectivity index (χ0v) is 15.3. The highest BCUT2D eigenvalue weighted by Crippen LogP contribution is 2.41. The Bertz CT molecular complexity index is 600. The van der Waals surface area contributed by atoms with Gasteiger partial charge in [-0.25, -0.2) is 9.97 Å². The molecule has 1 aromatic rings. The number of hydrogen-bond acceptors (Lipinski definition) is 6. The molecule has 2 fully saturated rings. The number of anilines is 1. The summed E-state index contributed by atoms with van der Waals surface area (Å²) >= 11 is 0. The topological polar surface area (TPSA) is 76.6 Å². The van der Waals surface area contributed by atoms with Crippen LogP contribution in [-0.4, -0.2) is 55.3 Å². The first kappa shape index (κ1) is 17.9. The second-order valence-corrected chi connectivity index (χ2v) is 7.31. The van der Waals surface area contributed by atoms with Gasteiger partial charge in [0.2, 0.25) is 11.8 Å². The van der Waals surface area contributed by atoms with Crippen LogP contribution in [0.4, 0.5) is 5.82 Å². The summed E-state index contributed by atoms with van der Waals surface area (Å²) < 4.78 is 10.9. The summed E-state index contributed by atoms with van der Waals surface area (Å²) in [4.78, 5) is 22.9. The number of hydrogen-bond donors (Lipinski definition) is 1. The fourth-order valence-electron chi connectivity index (χ4n) is 3.75. The average molecular weight is 348 g/mol. The Balaban J connectivity index is 1.68. The van der Waals surface area contributed by atoms with Crippen molar-refractivity contribution in [3.63, 3.8) is 0 Å². The zero-order valence-electron chi connectivity index (χ0n) is 15.3. The third-order valence-corrected chi connectivity index (χ3v) is 5.53. The Morgan fingerprint density at radius 1 is 1.36 bits per heavy atom. The third-order valence-electron chi connectivity index (χ3n) is 5.53. The maximum absolute atomic E-state index is 12.2. The van der Waals surface area contributed by atoms with E-state index in [1.807, 2.05) is 19.9 Å². The van der Waals surface area contributed by atoms with Gasteiger partial charge in [-0.3, -0.25) is 4.79 Å². The number of nitrogens with zero attached hydrogens (tertiary/aromatic N) is 3. The second-order valence-electron chi connectivity index (χ2n) is 7.31. The predicted molar refractivity (Wildman–Crippen MR) is 94.7 cm³/mol. The maximum atomic E-state index is 12.2. The van der Waals surface area contributed by atoms with Crippen molar-refractivity contribution < 1.29 is 14.3 Å². The van der Waals surface area contributed by atoms with Crippen molar-refractivity contribution in [3.05, 3.63) is 12.4 Å². The lowest BCUT2D eigenvalue weighted by Gasteiger charge is -2.49. The summed E-state index contributed by atoms with van der Waals surface area (Å²) in [6, 6.07) is 1.97. The molecular weight excluding hydrogens is 320 g/mol. The lowest BCUT2D eigenvalue weighted by atomic mass is 9.69. The Morgan fingerprint density at radius 3 is 2.80 bits per heavy atom. The molecule has 2 aliphatic rings. The minimum absolute atomic E-state index is 0.00690. The van der Waals surface area contributed by atoms with Crippen molar-refractivity contribution >= 4 is 11.7 Å². The van der Waals surface area contributed by atoms with E-state index in [4.69, 9.17) is 9.47 Å². The lowest BCUT2D eigenvalue weighted by Crippen LogP contribution is -2.58. The SMILES string of the molecule is COc1cc(N2CCC3(CCOC[C@H]3NC(=O)C(C)C)CC2)ncn1. The molecule has 1 N–H and O–H groups in total. The molecule has 0 aromatic carbocycles. The second kappa shape index (κ2) is 7.56. The van der Waals surface area contributed by atoms with E-state index in [-0.39, 0.29) is 23.3 Å². The Morgan fingerprint density at radius 2 is 2.12 bits per heavy atom. The number of amides is 1. The summed E-state index contributed by atoms with van der Waals surface area (Å²) in [6.45, 7) is 7.06. The number of methoxy groups -OCH3 is 1. The maximum Gasteiger partial charge on any atom is 0.222 e. The van der Waals surface area contributed by atoms with Crippen LogP contribution in [0.25, 0.3) is 0 Å². The summed E-state index contributed by atoms with van der Waals surface area (Å²) in [6.07, 6.45) is 4.58. The largest absolute Gasteiger partial charge is 0.481 e. The molecule has 1 amide bonds. The van der Waals surface area contributed by atoms with Crippen molar-refractivity contribution in [3.8, 4) is 5.88 Å². The molecule has 1 aromatic heterocycles. The van der Waals surface area contributed by atoms with Crippen LogP contribution in [0.5, 0.6) is 5.88 Å².